The van der Waals surface area contributed by atoms with Gasteiger partial charge in [0.25, 0.3) is 10.0 Å². The van der Waals surface area contributed by atoms with Gasteiger partial charge in [0.15, 0.2) is 0 Å². The lowest BCUT2D eigenvalue weighted by Crippen LogP contribution is -2.53. The Morgan fingerprint density at radius 3 is 1.98 bits per heavy atom. The summed E-state index contributed by atoms with van der Waals surface area (Å²) in [7, 11) is -4.16. The molecule has 9 heteroatoms. The molecule has 0 aliphatic rings. The van der Waals surface area contributed by atoms with Crippen LogP contribution >= 0.6 is 11.6 Å². The maximum Gasteiger partial charge on any atom is 0.264 e. The standard InChI is InChI=1S/C35H38ClN3O4S/c1-26(2)23-37-35(41)33(22-28-10-6-4-7-11-28)38(24-29-16-14-27(3)15-17-29)34(40)25-39(31-20-18-30(36)19-21-31)44(42,43)32-12-8-5-9-13-32/h4-21,26,33H,22-25H2,1-3H3,(H,37,41)/t33-/m0/s1. The Labute approximate surface area is 265 Å². The molecule has 4 aromatic carbocycles. The zero-order valence-electron chi connectivity index (χ0n) is 25.2. The predicted octanol–water partition coefficient (Wildman–Crippen LogP) is 6.26. The monoisotopic (exact) mass is 631 g/mol. The van der Waals surface area contributed by atoms with Crippen molar-refractivity contribution in [3.05, 3.63) is 131 Å². The van der Waals surface area contributed by atoms with Crippen molar-refractivity contribution in [2.24, 2.45) is 5.92 Å². The van der Waals surface area contributed by atoms with Crippen LogP contribution in [0.2, 0.25) is 5.02 Å². The number of rotatable bonds is 13. The van der Waals surface area contributed by atoms with Gasteiger partial charge in [0.2, 0.25) is 11.8 Å². The van der Waals surface area contributed by atoms with Crippen LogP contribution in [-0.2, 0) is 32.6 Å². The van der Waals surface area contributed by atoms with Crippen LogP contribution in [0.4, 0.5) is 5.69 Å². The fourth-order valence-corrected chi connectivity index (χ4v) is 6.28. The first-order valence-electron chi connectivity index (χ1n) is 14.5. The maximum absolute atomic E-state index is 14.4. The number of benzene rings is 4. The van der Waals surface area contributed by atoms with Crippen LogP contribution in [0.5, 0.6) is 0 Å². The van der Waals surface area contributed by atoms with Crippen LogP contribution in [-0.4, -0.2) is 44.3 Å². The number of anilines is 1. The lowest BCUT2D eigenvalue weighted by molar-refractivity contribution is -0.140. The molecule has 44 heavy (non-hydrogen) atoms. The molecular weight excluding hydrogens is 594 g/mol. The molecule has 0 unspecified atom stereocenters. The molecule has 4 rings (SSSR count). The second-order valence-corrected chi connectivity index (χ2v) is 13.5. The number of halogens is 1. The molecule has 0 saturated carbocycles. The van der Waals surface area contributed by atoms with Crippen LogP contribution in [0, 0.1) is 12.8 Å². The molecule has 0 aliphatic carbocycles. The van der Waals surface area contributed by atoms with Gasteiger partial charge in [0.1, 0.15) is 12.6 Å². The first kappa shape index (κ1) is 32.8. The van der Waals surface area contributed by atoms with Crippen molar-refractivity contribution in [1.82, 2.24) is 10.2 Å². The van der Waals surface area contributed by atoms with Gasteiger partial charge in [-0.25, -0.2) is 8.42 Å². The first-order valence-corrected chi connectivity index (χ1v) is 16.4. The van der Waals surface area contributed by atoms with Crippen molar-refractivity contribution < 1.29 is 18.0 Å². The van der Waals surface area contributed by atoms with E-state index >= 15 is 0 Å². The van der Waals surface area contributed by atoms with E-state index in [1.54, 1.807) is 42.5 Å². The van der Waals surface area contributed by atoms with E-state index in [4.69, 9.17) is 11.6 Å². The normalized spacial score (nSPS) is 12.0. The number of carbonyl (C=O) groups excluding carboxylic acids is 2. The molecule has 7 nitrogen and oxygen atoms in total. The average Bonchev–Trinajstić information content (AvgIpc) is 3.02. The summed E-state index contributed by atoms with van der Waals surface area (Å²) in [6, 6.07) is 30.6. The Morgan fingerprint density at radius 2 is 1.39 bits per heavy atom. The number of sulfonamides is 1. The summed E-state index contributed by atoms with van der Waals surface area (Å²) in [5.41, 5.74) is 3.05. The smallest absolute Gasteiger partial charge is 0.264 e. The molecule has 1 N–H and O–H groups in total. The van der Waals surface area contributed by atoms with Crippen LogP contribution in [0.25, 0.3) is 0 Å². The van der Waals surface area contributed by atoms with E-state index in [-0.39, 0.29) is 35.4 Å². The highest BCUT2D eigenvalue weighted by atomic mass is 35.5. The fourth-order valence-electron chi connectivity index (χ4n) is 4.72. The number of nitrogens with zero attached hydrogens (tertiary/aromatic N) is 2. The summed E-state index contributed by atoms with van der Waals surface area (Å²) in [4.78, 5) is 29.8. The molecule has 4 aromatic rings. The fraction of sp³-hybridized carbons (Fsp3) is 0.257. The van der Waals surface area contributed by atoms with Gasteiger partial charge < -0.3 is 10.2 Å². The summed E-state index contributed by atoms with van der Waals surface area (Å²) in [6.07, 6.45) is 0.259. The topological polar surface area (TPSA) is 86.8 Å². The van der Waals surface area contributed by atoms with Gasteiger partial charge in [-0.15, -0.1) is 0 Å². The molecule has 0 spiro atoms. The minimum absolute atomic E-state index is 0.0448. The van der Waals surface area contributed by atoms with Crippen molar-refractivity contribution in [2.75, 3.05) is 17.4 Å². The Hall–Kier alpha value is -4.14. The molecule has 0 aliphatic heterocycles. The largest absolute Gasteiger partial charge is 0.354 e. The van der Waals surface area contributed by atoms with Gasteiger partial charge in [0, 0.05) is 24.5 Å². The summed E-state index contributed by atoms with van der Waals surface area (Å²) in [5, 5.41) is 3.43. The van der Waals surface area contributed by atoms with E-state index in [2.05, 4.69) is 5.32 Å². The Kier molecular flexibility index (Phi) is 11.2. The third kappa shape index (κ3) is 8.71. The number of amides is 2. The predicted molar refractivity (Wildman–Crippen MR) is 176 cm³/mol. The van der Waals surface area contributed by atoms with Crippen molar-refractivity contribution >= 4 is 39.1 Å². The summed E-state index contributed by atoms with van der Waals surface area (Å²) in [6.45, 7) is 6.01. The van der Waals surface area contributed by atoms with Gasteiger partial charge in [0.05, 0.1) is 10.6 Å². The number of nitrogens with one attached hydrogen (secondary N) is 1. The maximum atomic E-state index is 14.4. The van der Waals surface area contributed by atoms with Crippen molar-refractivity contribution in [1.29, 1.82) is 0 Å². The van der Waals surface area contributed by atoms with Crippen LogP contribution in [0.15, 0.2) is 114 Å². The zero-order valence-corrected chi connectivity index (χ0v) is 26.8. The zero-order chi connectivity index (χ0) is 31.7. The Morgan fingerprint density at radius 1 is 0.795 bits per heavy atom. The number of carbonyl (C=O) groups is 2. The van der Waals surface area contributed by atoms with Crippen LogP contribution in [0.1, 0.15) is 30.5 Å². The molecule has 0 radical (unpaired) electrons. The highest BCUT2D eigenvalue weighted by molar-refractivity contribution is 7.92. The summed E-state index contributed by atoms with van der Waals surface area (Å²) < 4.78 is 29.1. The molecule has 0 fully saturated rings. The van der Waals surface area contributed by atoms with E-state index in [0.717, 1.165) is 21.0 Å². The quantitative estimate of drug-likeness (QED) is 0.189. The van der Waals surface area contributed by atoms with Crippen LogP contribution < -0.4 is 9.62 Å². The molecule has 0 aromatic heterocycles. The molecule has 0 heterocycles. The third-order valence-corrected chi connectivity index (χ3v) is 9.19. The van der Waals surface area contributed by atoms with Gasteiger partial charge in [-0.2, -0.15) is 0 Å². The lowest BCUT2D eigenvalue weighted by atomic mass is 10.0. The number of hydrogen-bond donors (Lipinski definition) is 1. The van der Waals surface area contributed by atoms with E-state index < -0.39 is 28.5 Å². The molecule has 230 valence electrons. The minimum Gasteiger partial charge on any atom is -0.354 e. The summed E-state index contributed by atoms with van der Waals surface area (Å²) in [5.74, 6) is -0.610. The Bertz CT molecular complexity index is 1630. The molecule has 0 saturated heterocycles. The van der Waals surface area contributed by atoms with Crippen molar-refractivity contribution in [3.63, 3.8) is 0 Å². The van der Waals surface area contributed by atoms with E-state index in [9.17, 15) is 18.0 Å². The van der Waals surface area contributed by atoms with Crippen molar-refractivity contribution in [2.45, 2.75) is 44.7 Å². The second-order valence-electron chi connectivity index (χ2n) is 11.2. The molecule has 1 atom stereocenters. The summed E-state index contributed by atoms with van der Waals surface area (Å²) >= 11 is 6.12. The van der Waals surface area contributed by atoms with Crippen molar-refractivity contribution in [3.8, 4) is 0 Å². The minimum atomic E-state index is -4.16. The van der Waals surface area contributed by atoms with Gasteiger partial charge in [-0.3, -0.25) is 13.9 Å². The third-order valence-electron chi connectivity index (χ3n) is 7.15. The molecule has 0 bridgehead atoms. The highest BCUT2D eigenvalue weighted by Gasteiger charge is 2.34. The first-order chi connectivity index (χ1) is 21.0. The number of hydrogen-bond acceptors (Lipinski definition) is 4. The SMILES string of the molecule is Cc1ccc(CN(C(=O)CN(c2ccc(Cl)cc2)S(=O)(=O)c2ccccc2)[C@@H](Cc2ccccc2)C(=O)NCC(C)C)cc1. The lowest BCUT2D eigenvalue weighted by Gasteiger charge is -2.34. The van der Waals surface area contributed by atoms with E-state index in [0.29, 0.717) is 11.6 Å². The van der Waals surface area contributed by atoms with E-state index in [1.165, 1.54) is 17.0 Å². The van der Waals surface area contributed by atoms with Gasteiger partial charge in [-0.1, -0.05) is 104 Å². The van der Waals surface area contributed by atoms with Crippen LogP contribution in [0.3, 0.4) is 0 Å². The average molecular weight is 632 g/mol. The molecular formula is C35H38ClN3O4S. The number of aryl methyl sites for hydroxylation is 1. The Balaban J connectivity index is 1.78. The molecule has 2 amide bonds. The van der Waals surface area contributed by atoms with Gasteiger partial charge in [-0.05, 0) is 60.4 Å². The van der Waals surface area contributed by atoms with Gasteiger partial charge >= 0.3 is 0 Å². The highest BCUT2D eigenvalue weighted by Crippen LogP contribution is 2.26. The second kappa shape index (κ2) is 15.0. The van der Waals surface area contributed by atoms with E-state index in [1.807, 2.05) is 75.4 Å².